The molecule has 0 fully saturated rings. The molecule has 0 radical (unpaired) electrons. The zero-order chi connectivity index (χ0) is 7.56. The Labute approximate surface area is 74.7 Å². The van der Waals surface area contributed by atoms with E-state index in [0.717, 1.165) is 0 Å². The summed E-state index contributed by atoms with van der Waals surface area (Å²) in [5.74, 6) is -0.107. The summed E-state index contributed by atoms with van der Waals surface area (Å²) in [7, 11) is 0. The number of rotatable bonds is 1. The molecule has 0 saturated carbocycles. The summed E-state index contributed by atoms with van der Waals surface area (Å²) >= 11 is 5.43. The molecule has 6 heteroatoms. The fourth-order valence-corrected chi connectivity index (χ4v) is 0.560. The molecule has 0 amide bonds. The van der Waals surface area contributed by atoms with Gasteiger partial charge in [-0.15, -0.1) is 22.6 Å². The third-order valence-corrected chi connectivity index (χ3v) is 1.11. The maximum Gasteiger partial charge on any atom is 0.151 e. The van der Waals surface area contributed by atoms with E-state index in [1.54, 1.807) is 0 Å². The van der Waals surface area contributed by atoms with Crippen molar-refractivity contribution in [1.29, 1.82) is 5.41 Å². The highest BCUT2D eigenvalue weighted by Crippen LogP contribution is 2.00. The van der Waals surface area contributed by atoms with Crippen molar-refractivity contribution >= 4 is 29.8 Å². The normalized spacial score (nSPS) is 8.45. The van der Waals surface area contributed by atoms with Crippen molar-refractivity contribution in [2.24, 2.45) is 5.73 Å². The predicted octanol–water partition coefficient (Wildman–Crippen LogP) is 0.836. The Morgan fingerprint density at radius 3 is 2.45 bits per heavy atom. The van der Waals surface area contributed by atoms with Crippen molar-refractivity contribution in [3.05, 3.63) is 23.0 Å². The lowest BCUT2D eigenvalue weighted by Gasteiger charge is -1.92. The van der Waals surface area contributed by atoms with E-state index in [1.807, 2.05) is 0 Å². The minimum Gasteiger partial charge on any atom is -0.382 e. The monoisotopic (exact) mass is 192 g/mol. The van der Waals surface area contributed by atoms with E-state index in [0.29, 0.717) is 10.8 Å². The second-order valence-electron chi connectivity index (χ2n) is 1.65. The molecule has 60 valence electrons. The number of amidine groups is 1. The van der Waals surface area contributed by atoms with Gasteiger partial charge >= 0.3 is 0 Å². The first-order valence-electron chi connectivity index (χ1n) is 2.54. The van der Waals surface area contributed by atoms with E-state index < -0.39 is 0 Å². The molecule has 1 aromatic rings. The van der Waals surface area contributed by atoms with Crippen LogP contribution in [0.15, 0.2) is 12.1 Å². The number of halogens is 2. The smallest absolute Gasteiger partial charge is 0.151 e. The molecule has 3 N–H and O–H groups in total. The van der Waals surface area contributed by atoms with E-state index in [-0.39, 0.29) is 18.2 Å². The van der Waals surface area contributed by atoms with Crippen LogP contribution in [0, 0.1) is 5.41 Å². The molecule has 0 unspecified atom stereocenters. The standard InChI is InChI=1S/C5H5ClN4.ClH/c6-4-2-1-3(5(7)8)9-10-4;/h1-2H,(H3,7,8);1H. The van der Waals surface area contributed by atoms with Crippen LogP contribution in [0.4, 0.5) is 0 Å². The maximum atomic E-state index is 6.94. The Balaban J connectivity index is 0.000001000. The van der Waals surface area contributed by atoms with Crippen molar-refractivity contribution in [3.8, 4) is 0 Å². The van der Waals surface area contributed by atoms with Crippen LogP contribution in [0.1, 0.15) is 5.69 Å². The van der Waals surface area contributed by atoms with Gasteiger partial charge < -0.3 is 5.73 Å². The maximum absolute atomic E-state index is 6.94. The topological polar surface area (TPSA) is 75.7 Å². The van der Waals surface area contributed by atoms with Gasteiger partial charge in [0.25, 0.3) is 0 Å². The Hall–Kier alpha value is -0.870. The molecule has 0 aromatic carbocycles. The summed E-state index contributed by atoms with van der Waals surface area (Å²) in [5, 5.41) is 14.3. The summed E-state index contributed by atoms with van der Waals surface area (Å²) in [5.41, 5.74) is 5.44. The SMILES string of the molecule is Cl.N=C(N)c1ccc(Cl)nn1. The summed E-state index contributed by atoms with van der Waals surface area (Å²) < 4.78 is 0. The van der Waals surface area contributed by atoms with Crippen LogP contribution in [0.25, 0.3) is 0 Å². The number of nitrogens with one attached hydrogen (secondary N) is 1. The number of nitrogens with two attached hydrogens (primary N) is 1. The van der Waals surface area contributed by atoms with Crippen LogP contribution in [0.5, 0.6) is 0 Å². The molecule has 1 heterocycles. The van der Waals surface area contributed by atoms with Gasteiger partial charge in [-0.05, 0) is 12.1 Å². The molecule has 0 spiro atoms. The lowest BCUT2D eigenvalue weighted by atomic mass is 10.4. The average molecular weight is 193 g/mol. The molecule has 0 saturated heterocycles. The van der Waals surface area contributed by atoms with E-state index >= 15 is 0 Å². The molecular weight excluding hydrogens is 187 g/mol. The largest absolute Gasteiger partial charge is 0.382 e. The third kappa shape index (κ3) is 2.69. The van der Waals surface area contributed by atoms with Crippen molar-refractivity contribution in [3.63, 3.8) is 0 Å². The number of nitrogen functional groups attached to an aromatic ring is 1. The van der Waals surface area contributed by atoms with Crippen LogP contribution in [0.2, 0.25) is 5.15 Å². The van der Waals surface area contributed by atoms with Gasteiger partial charge in [0.15, 0.2) is 5.15 Å². The molecule has 0 aliphatic rings. The molecule has 11 heavy (non-hydrogen) atoms. The first kappa shape index (κ1) is 10.1. The summed E-state index contributed by atoms with van der Waals surface area (Å²) in [6, 6.07) is 3.07. The lowest BCUT2D eigenvalue weighted by Crippen LogP contribution is -2.13. The number of hydrogen-bond donors (Lipinski definition) is 2. The van der Waals surface area contributed by atoms with Gasteiger partial charge in [-0.1, -0.05) is 11.6 Å². The highest BCUT2D eigenvalue weighted by atomic mass is 35.5. The van der Waals surface area contributed by atoms with Crippen molar-refractivity contribution < 1.29 is 0 Å². The number of aromatic nitrogens is 2. The Kier molecular flexibility index (Phi) is 3.78. The van der Waals surface area contributed by atoms with Crippen LogP contribution < -0.4 is 5.73 Å². The minimum absolute atomic E-state index is 0. The summed E-state index contributed by atoms with van der Waals surface area (Å²) in [6.45, 7) is 0. The van der Waals surface area contributed by atoms with Gasteiger partial charge in [-0.25, -0.2) is 0 Å². The van der Waals surface area contributed by atoms with E-state index in [2.05, 4.69) is 10.2 Å². The van der Waals surface area contributed by atoms with Crippen molar-refractivity contribution in [2.45, 2.75) is 0 Å². The molecule has 4 nitrogen and oxygen atoms in total. The lowest BCUT2D eigenvalue weighted by molar-refractivity contribution is 1.01. The number of nitrogens with zero attached hydrogens (tertiary/aromatic N) is 2. The molecule has 0 aliphatic carbocycles. The molecule has 0 bridgehead atoms. The average Bonchev–Trinajstić information content (AvgIpc) is 1.88. The Bertz CT molecular complexity index is 245. The second-order valence-corrected chi connectivity index (χ2v) is 2.04. The second kappa shape index (κ2) is 4.10. The van der Waals surface area contributed by atoms with E-state index in [1.165, 1.54) is 12.1 Å². The third-order valence-electron chi connectivity index (χ3n) is 0.908. The van der Waals surface area contributed by atoms with Crippen molar-refractivity contribution in [1.82, 2.24) is 10.2 Å². The van der Waals surface area contributed by atoms with Crippen LogP contribution in [0.3, 0.4) is 0 Å². The predicted molar refractivity (Wildman–Crippen MR) is 45.3 cm³/mol. The molecule has 0 atom stereocenters. The molecule has 0 aliphatic heterocycles. The van der Waals surface area contributed by atoms with Gasteiger partial charge in [-0.2, -0.15) is 0 Å². The fourth-order valence-electron chi connectivity index (χ4n) is 0.460. The van der Waals surface area contributed by atoms with Gasteiger partial charge in [-0.3, -0.25) is 5.41 Å². The first-order chi connectivity index (χ1) is 4.70. The van der Waals surface area contributed by atoms with Crippen LogP contribution in [-0.4, -0.2) is 16.0 Å². The zero-order valence-electron chi connectivity index (χ0n) is 5.41. The van der Waals surface area contributed by atoms with Crippen molar-refractivity contribution in [2.75, 3.05) is 0 Å². The summed E-state index contributed by atoms with van der Waals surface area (Å²) in [6.07, 6.45) is 0. The van der Waals surface area contributed by atoms with Gasteiger partial charge in [0.1, 0.15) is 11.5 Å². The van der Waals surface area contributed by atoms with E-state index in [9.17, 15) is 0 Å². The highest BCUT2D eigenvalue weighted by Gasteiger charge is 1.96. The fraction of sp³-hybridized carbons (Fsp3) is 0. The van der Waals surface area contributed by atoms with Gasteiger partial charge in [0.05, 0.1) is 0 Å². The van der Waals surface area contributed by atoms with Crippen LogP contribution in [-0.2, 0) is 0 Å². The van der Waals surface area contributed by atoms with Gasteiger partial charge in [0.2, 0.25) is 0 Å². The zero-order valence-corrected chi connectivity index (χ0v) is 6.99. The van der Waals surface area contributed by atoms with E-state index in [4.69, 9.17) is 22.7 Å². The van der Waals surface area contributed by atoms with Crippen LogP contribution >= 0.6 is 24.0 Å². The Morgan fingerprint density at radius 2 is 2.09 bits per heavy atom. The number of hydrogen-bond acceptors (Lipinski definition) is 3. The highest BCUT2D eigenvalue weighted by molar-refractivity contribution is 6.29. The first-order valence-corrected chi connectivity index (χ1v) is 2.91. The van der Waals surface area contributed by atoms with Gasteiger partial charge in [0, 0.05) is 0 Å². The summed E-state index contributed by atoms with van der Waals surface area (Å²) in [4.78, 5) is 0. The molecular formula is C5H6Cl2N4. The minimum atomic E-state index is -0.107. The quantitative estimate of drug-likeness (QED) is 0.512. The Morgan fingerprint density at radius 1 is 1.45 bits per heavy atom. The molecule has 1 aromatic heterocycles. The molecule has 1 rings (SSSR count).